The van der Waals surface area contributed by atoms with E-state index in [0.717, 1.165) is 6.07 Å². The van der Waals surface area contributed by atoms with Gasteiger partial charge in [-0.25, -0.2) is 4.79 Å². The van der Waals surface area contributed by atoms with E-state index in [9.17, 15) is 14.9 Å². The van der Waals surface area contributed by atoms with Gasteiger partial charge in [-0.1, -0.05) is 11.8 Å². The van der Waals surface area contributed by atoms with Gasteiger partial charge in [0, 0.05) is 17.7 Å². The Morgan fingerprint density at radius 3 is 2.76 bits per heavy atom. The summed E-state index contributed by atoms with van der Waals surface area (Å²) in [5, 5.41) is 10.7. The molecule has 1 aromatic carbocycles. The molecule has 5 nitrogen and oxygen atoms in total. The van der Waals surface area contributed by atoms with Crippen molar-refractivity contribution in [2.45, 2.75) is 0 Å². The molecule has 88 valence electrons. The van der Waals surface area contributed by atoms with Gasteiger partial charge in [0.1, 0.15) is 0 Å². The summed E-state index contributed by atoms with van der Waals surface area (Å²) in [4.78, 5) is 21.4. The number of nitro groups is 1. The first-order valence-electron chi connectivity index (χ1n) is 4.51. The van der Waals surface area contributed by atoms with Crippen LogP contribution in [0, 0.1) is 22.0 Å². The summed E-state index contributed by atoms with van der Waals surface area (Å²) in [7, 11) is 1.20. The van der Waals surface area contributed by atoms with Gasteiger partial charge < -0.3 is 4.74 Å². The summed E-state index contributed by atoms with van der Waals surface area (Å²) < 4.78 is 4.49. The second-order valence-corrected chi connectivity index (χ2v) is 3.22. The Morgan fingerprint density at radius 1 is 1.53 bits per heavy atom. The molecule has 0 aliphatic carbocycles. The van der Waals surface area contributed by atoms with Crippen LogP contribution in [-0.2, 0) is 4.74 Å². The van der Waals surface area contributed by atoms with Crippen molar-refractivity contribution in [1.29, 1.82) is 0 Å². The third-order valence-corrected chi connectivity index (χ3v) is 1.98. The van der Waals surface area contributed by atoms with Gasteiger partial charge in [-0.05, 0) is 6.07 Å². The smallest absolute Gasteiger partial charge is 0.338 e. The molecule has 0 saturated heterocycles. The molecule has 17 heavy (non-hydrogen) atoms. The molecule has 0 aliphatic rings. The molecule has 0 fully saturated rings. The highest BCUT2D eigenvalue weighted by molar-refractivity contribution is 6.19. The number of nitro benzene ring substituents is 1. The number of carbonyl (C=O) groups is 1. The Morgan fingerprint density at radius 2 is 2.24 bits per heavy atom. The maximum absolute atomic E-state index is 11.3. The number of rotatable bonds is 2. The van der Waals surface area contributed by atoms with Gasteiger partial charge in [-0.3, -0.25) is 10.1 Å². The Labute approximate surface area is 102 Å². The number of esters is 1. The van der Waals surface area contributed by atoms with E-state index in [4.69, 9.17) is 11.6 Å². The second kappa shape index (κ2) is 5.87. The average Bonchev–Trinajstić information content (AvgIpc) is 2.34. The fraction of sp³-hybridized carbons (Fsp3) is 0.182. The number of methoxy groups -OCH3 is 1. The minimum absolute atomic E-state index is 0.0839. The fourth-order valence-electron chi connectivity index (χ4n) is 1.16. The van der Waals surface area contributed by atoms with Crippen molar-refractivity contribution in [3.63, 3.8) is 0 Å². The molecule has 0 amide bonds. The number of non-ortho nitro benzene ring substituents is 1. The summed E-state index contributed by atoms with van der Waals surface area (Å²) in [6.45, 7) is 0. The van der Waals surface area contributed by atoms with Crippen molar-refractivity contribution >= 4 is 23.3 Å². The van der Waals surface area contributed by atoms with E-state index in [-0.39, 0.29) is 17.1 Å². The lowest BCUT2D eigenvalue weighted by Crippen LogP contribution is -2.03. The number of nitrogens with zero attached hydrogens (tertiary/aromatic N) is 1. The molecule has 0 heterocycles. The summed E-state index contributed by atoms with van der Waals surface area (Å²) >= 11 is 5.38. The quantitative estimate of drug-likeness (QED) is 0.266. The van der Waals surface area contributed by atoms with Crippen molar-refractivity contribution < 1.29 is 14.5 Å². The predicted molar refractivity (Wildman–Crippen MR) is 62.0 cm³/mol. The molecule has 0 aliphatic heterocycles. The van der Waals surface area contributed by atoms with E-state index in [1.165, 1.54) is 19.2 Å². The Hall–Kier alpha value is -2.06. The van der Waals surface area contributed by atoms with E-state index in [1.807, 2.05) is 0 Å². The highest BCUT2D eigenvalue weighted by Crippen LogP contribution is 2.17. The van der Waals surface area contributed by atoms with Crippen LogP contribution in [0.5, 0.6) is 0 Å². The van der Waals surface area contributed by atoms with Crippen LogP contribution in [-0.4, -0.2) is 23.9 Å². The van der Waals surface area contributed by atoms with E-state index in [1.54, 1.807) is 0 Å². The number of hydrogen-bond acceptors (Lipinski definition) is 4. The molecule has 0 radical (unpaired) electrons. The zero-order valence-electron chi connectivity index (χ0n) is 8.90. The van der Waals surface area contributed by atoms with Crippen molar-refractivity contribution in [2.75, 3.05) is 13.0 Å². The predicted octanol–water partition coefficient (Wildman–Crippen LogP) is 1.97. The molecule has 0 spiro atoms. The van der Waals surface area contributed by atoms with Crippen molar-refractivity contribution in [2.24, 2.45) is 0 Å². The van der Waals surface area contributed by atoms with E-state index in [0.29, 0.717) is 5.56 Å². The maximum Gasteiger partial charge on any atom is 0.338 e. The summed E-state index contributed by atoms with van der Waals surface area (Å²) in [5.74, 6) is 4.63. The molecular weight excluding hydrogens is 246 g/mol. The zero-order valence-corrected chi connectivity index (χ0v) is 9.65. The summed E-state index contributed by atoms with van der Waals surface area (Å²) in [6, 6.07) is 3.82. The van der Waals surface area contributed by atoms with Crippen LogP contribution < -0.4 is 0 Å². The van der Waals surface area contributed by atoms with Crippen molar-refractivity contribution in [3.8, 4) is 11.8 Å². The first kappa shape index (κ1) is 13.0. The van der Waals surface area contributed by atoms with Gasteiger partial charge in [-0.2, -0.15) is 0 Å². The standard InChI is InChI=1S/C11H8ClNO4/c1-17-11(14)9-5-8(3-2-4-12)6-10(7-9)13(15)16/h5-7H,4H2,1H3. The summed E-state index contributed by atoms with van der Waals surface area (Å²) in [6.07, 6.45) is 0. The largest absolute Gasteiger partial charge is 0.465 e. The highest BCUT2D eigenvalue weighted by atomic mass is 35.5. The molecule has 0 unspecified atom stereocenters. The van der Waals surface area contributed by atoms with Crippen LogP contribution >= 0.6 is 11.6 Å². The molecule has 1 rings (SSSR count). The van der Waals surface area contributed by atoms with Crippen LogP contribution in [0.15, 0.2) is 18.2 Å². The van der Waals surface area contributed by atoms with Crippen molar-refractivity contribution in [1.82, 2.24) is 0 Å². The molecule has 0 atom stereocenters. The van der Waals surface area contributed by atoms with Gasteiger partial charge in [0.25, 0.3) is 5.69 Å². The topological polar surface area (TPSA) is 69.4 Å². The number of alkyl halides is 1. The second-order valence-electron chi connectivity index (χ2n) is 2.95. The molecular formula is C11H8ClNO4. The lowest BCUT2D eigenvalue weighted by atomic mass is 10.1. The van der Waals surface area contributed by atoms with Crippen LogP contribution in [0.25, 0.3) is 0 Å². The van der Waals surface area contributed by atoms with Gasteiger partial charge in [0.2, 0.25) is 0 Å². The number of benzene rings is 1. The van der Waals surface area contributed by atoms with Gasteiger partial charge in [0.15, 0.2) is 0 Å². The van der Waals surface area contributed by atoms with E-state index in [2.05, 4.69) is 16.6 Å². The minimum atomic E-state index is -0.650. The fourth-order valence-corrected chi connectivity index (χ4v) is 1.23. The maximum atomic E-state index is 11.3. The normalized spacial score (nSPS) is 9.06. The zero-order chi connectivity index (χ0) is 12.8. The SMILES string of the molecule is COC(=O)c1cc(C#CCCl)cc([N+](=O)[O-])c1. The van der Waals surface area contributed by atoms with Crippen LogP contribution in [0.2, 0.25) is 0 Å². The van der Waals surface area contributed by atoms with Crippen molar-refractivity contribution in [3.05, 3.63) is 39.4 Å². The highest BCUT2D eigenvalue weighted by Gasteiger charge is 2.13. The lowest BCUT2D eigenvalue weighted by Gasteiger charge is -2.00. The van der Waals surface area contributed by atoms with Gasteiger partial charge in [0.05, 0.1) is 23.5 Å². The van der Waals surface area contributed by atoms with E-state index >= 15 is 0 Å². The molecule has 0 bridgehead atoms. The Balaban J connectivity index is 3.28. The first-order valence-corrected chi connectivity index (χ1v) is 5.04. The van der Waals surface area contributed by atoms with Crippen LogP contribution in [0.4, 0.5) is 5.69 Å². The third-order valence-electron chi connectivity index (χ3n) is 1.85. The number of halogens is 1. The number of hydrogen-bond donors (Lipinski definition) is 0. The monoisotopic (exact) mass is 253 g/mol. The van der Waals surface area contributed by atoms with Crippen LogP contribution in [0.3, 0.4) is 0 Å². The lowest BCUT2D eigenvalue weighted by molar-refractivity contribution is -0.384. The number of carbonyl (C=O) groups excluding carboxylic acids is 1. The number of ether oxygens (including phenoxy) is 1. The Bertz CT molecular complexity index is 516. The Kier molecular flexibility index (Phi) is 4.49. The average molecular weight is 254 g/mol. The molecule has 1 aromatic rings. The molecule has 0 saturated carbocycles. The third kappa shape index (κ3) is 3.47. The van der Waals surface area contributed by atoms with E-state index < -0.39 is 10.9 Å². The molecule has 0 N–H and O–H groups in total. The van der Waals surface area contributed by atoms with Gasteiger partial charge >= 0.3 is 5.97 Å². The van der Waals surface area contributed by atoms with Crippen LogP contribution in [0.1, 0.15) is 15.9 Å². The molecule has 0 aromatic heterocycles. The first-order chi connectivity index (χ1) is 8.08. The van der Waals surface area contributed by atoms with Gasteiger partial charge in [-0.15, -0.1) is 11.6 Å². The minimum Gasteiger partial charge on any atom is -0.465 e. The summed E-state index contributed by atoms with van der Waals surface area (Å²) in [5.41, 5.74) is 0.215. The molecule has 6 heteroatoms.